The molecule has 1 saturated heterocycles. The Bertz CT molecular complexity index is 569. The summed E-state index contributed by atoms with van der Waals surface area (Å²) in [5.74, 6) is 2.34. The lowest BCUT2D eigenvalue weighted by molar-refractivity contribution is 0.237. The van der Waals surface area contributed by atoms with E-state index in [1.807, 2.05) is 0 Å². The Morgan fingerprint density at radius 1 is 1.00 bits per heavy atom. The smallest absolute Gasteiger partial charge is 0.127 e. The van der Waals surface area contributed by atoms with E-state index in [2.05, 4.69) is 31.0 Å². The van der Waals surface area contributed by atoms with Crippen LogP contribution in [0.3, 0.4) is 0 Å². The van der Waals surface area contributed by atoms with Crippen LogP contribution < -0.4 is 14.8 Å². The first kappa shape index (κ1) is 15.3. The predicted molar refractivity (Wildman–Crippen MR) is 91.8 cm³/mol. The first-order chi connectivity index (χ1) is 11.1. The lowest BCUT2D eigenvalue weighted by Crippen LogP contribution is -2.44. The molecule has 2 unspecified atom stereocenters. The van der Waals surface area contributed by atoms with Crippen molar-refractivity contribution in [3.05, 3.63) is 22.3 Å². The highest BCUT2D eigenvalue weighted by Gasteiger charge is 2.34. The minimum absolute atomic E-state index is 0.293. The standard InChI is InChI=1S/C19H28N2O2/c1-12-10-16-14(3)18-17(11-13(2)22-18)15(19(16)23-12)4-7-21-8-5-20-6-9-21/h12-13,20H,4-11H2,1-3H3. The first-order valence-corrected chi connectivity index (χ1v) is 9.07. The van der Waals surface area contributed by atoms with Crippen LogP contribution in [0.15, 0.2) is 0 Å². The molecule has 0 aliphatic carbocycles. The maximum absolute atomic E-state index is 6.23. The molecular formula is C19H28N2O2. The van der Waals surface area contributed by atoms with Crippen molar-refractivity contribution in [2.75, 3.05) is 32.7 Å². The van der Waals surface area contributed by atoms with Crippen molar-refractivity contribution in [3.63, 3.8) is 0 Å². The fourth-order valence-corrected chi connectivity index (χ4v) is 4.28. The summed E-state index contributed by atoms with van der Waals surface area (Å²) in [5.41, 5.74) is 5.54. The van der Waals surface area contributed by atoms with Gasteiger partial charge in [0.15, 0.2) is 0 Å². The third-order valence-electron chi connectivity index (χ3n) is 5.49. The topological polar surface area (TPSA) is 33.7 Å². The molecule has 0 saturated carbocycles. The molecule has 1 aromatic rings. The Labute approximate surface area is 139 Å². The molecule has 0 spiro atoms. The summed E-state index contributed by atoms with van der Waals surface area (Å²) in [7, 11) is 0. The molecule has 1 N–H and O–H groups in total. The van der Waals surface area contributed by atoms with Crippen LogP contribution in [0.2, 0.25) is 0 Å². The van der Waals surface area contributed by atoms with Crippen LogP contribution in [0.4, 0.5) is 0 Å². The highest BCUT2D eigenvalue weighted by molar-refractivity contribution is 5.62. The van der Waals surface area contributed by atoms with E-state index in [0.717, 1.165) is 57.7 Å². The molecular weight excluding hydrogens is 288 g/mol. The van der Waals surface area contributed by atoms with Crippen LogP contribution in [0.5, 0.6) is 11.5 Å². The zero-order valence-corrected chi connectivity index (χ0v) is 14.6. The van der Waals surface area contributed by atoms with Crippen LogP contribution in [0.25, 0.3) is 0 Å². The fourth-order valence-electron chi connectivity index (χ4n) is 4.28. The SMILES string of the molecule is Cc1c2c(c(CCN3CCNCC3)c3c1OC(C)C3)OC(C)C2. The zero-order chi connectivity index (χ0) is 16.0. The van der Waals surface area contributed by atoms with Crippen molar-refractivity contribution < 1.29 is 9.47 Å². The summed E-state index contributed by atoms with van der Waals surface area (Å²) in [4.78, 5) is 2.56. The van der Waals surface area contributed by atoms with E-state index in [1.165, 1.54) is 28.0 Å². The van der Waals surface area contributed by atoms with Gasteiger partial charge in [-0.2, -0.15) is 0 Å². The van der Waals surface area contributed by atoms with E-state index in [9.17, 15) is 0 Å². The fraction of sp³-hybridized carbons (Fsp3) is 0.684. The van der Waals surface area contributed by atoms with E-state index < -0.39 is 0 Å². The molecule has 0 aromatic heterocycles. The Balaban J connectivity index is 1.65. The van der Waals surface area contributed by atoms with E-state index in [0.29, 0.717) is 12.2 Å². The van der Waals surface area contributed by atoms with Gasteiger partial charge in [-0.15, -0.1) is 0 Å². The Hall–Kier alpha value is -1.26. The van der Waals surface area contributed by atoms with Gasteiger partial charge in [-0.3, -0.25) is 0 Å². The molecule has 0 amide bonds. The lowest BCUT2D eigenvalue weighted by atomic mass is 9.92. The molecule has 1 aromatic carbocycles. The van der Waals surface area contributed by atoms with Crippen LogP contribution in [0, 0.1) is 6.92 Å². The van der Waals surface area contributed by atoms with Crippen molar-refractivity contribution in [1.82, 2.24) is 10.2 Å². The largest absolute Gasteiger partial charge is 0.490 e. The van der Waals surface area contributed by atoms with Crippen molar-refractivity contribution >= 4 is 0 Å². The van der Waals surface area contributed by atoms with Crippen LogP contribution in [-0.2, 0) is 19.3 Å². The molecule has 1 fully saturated rings. The third-order valence-corrected chi connectivity index (χ3v) is 5.49. The van der Waals surface area contributed by atoms with E-state index in [4.69, 9.17) is 9.47 Å². The number of nitrogens with zero attached hydrogens (tertiary/aromatic N) is 1. The van der Waals surface area contributed by atoms with Gasteiger partial charge >= 0.3 is 0 Å². The molecule has 4 heteroatoms. The van der Waals surface area contributed by atoms with E-state index in [-0.39, 0.29) is 0 Å². The number of benzene rings is 1. The van der Waals surface area contributed by atoms with Gasteiger partial charge in [0.2, 0.25) is 0 Å². The number of hydrogen-bond acceptors (Lipinski definition) is 4. The first-order valence-electron chi connectivity index (χ1n) is 9.07. The zero-order valence-electron chi connectivity index (χ0n) is 14.6. The number of ether oxygens (including phenoxy) is 2. The third kappa shape index (κ3) is 2.72. The highest BCUT2D eigenvalue weighted by Crippen LogP contribution is 2.46. The minimum Gasteiger partial charge on any atom is -0.490 e. The highest BCUT2D eigenvalue weighted by atomic mass is 16.5. The summed E-state index contributed by atoms with van der Waals surface area (Å²) in [6, 6.07) is 0. The second kappa shape index (κ2) is 5.99. The van der Waals surface area contributed by atoms with E-state index >= 15 is 0 Å². The van der Waals surface area contributed by atoms with Gasteiger partial charge in [0.05, 0.1) is 0 Å². The quantitative estimate of drug-likeness (QED) is 0.926. The summed E-state index contributed by atoms with van der Waals surface area (Å²) in [5, 5.41) is 3.43. The molecule has 3 aliphatic heterocycles. The van der Waals surface area contributed by atoms with Gasteiger partial charge in [0.1, 0.15) is 23.7 Å². The van der Waals surface area contributed by atoms with Gasteiger partial charge < -0.3 is 19.7 Å². The number of rotatable bonds is 3. The average molecular weight is 316 g/mol. The molecule has 0 bridgehead atoms. The summed E-state index contributed by atoms with van der Waals surface area (Å²) in [6.45, 7) is 12.2. The average Bonchev–Trinajstić information content (AvgIpc) is 3.11. The monoisotopic (exact) mass is 316 g/mol. The van der Waals surface area contributed by atoms with Gasteiger partial charge in [-0.1, -0.05) is 0 Å². The number of hydrogen-bond donors (Lipinski definition) is 1. The van der Waals surface area contributed by atoms with Crippen molar-refractivity contribution in [2.45, 2.75) is 52.2 Å². The molecule has 23 heavy (non-hydrogen) atoms. The Kier molecular flexibility index (Phi) is 3.98. The number of fused-ring (bicyclic) bond motifs is 2. The van der Waals surface area contributed by atoms with Crippen molar-refractivity contribution in [3.8, 4) is 11.5 Å². The Morgan fingerprint density at radius 2 is 1.65 bits per heavy atom. The molecule has 3 aliphatic rings. The summed E-state index contributed by atoms with van der Waals surface area (Å²) in [6.07, 6.45) is 3.71. The predicted octanol–water partition coefficient (Wildman–Crippen LogP) is 2.09. The molecule has 4 rings (SSSR count). The van der Waals surface area contributed by atoms with Crippen LogP contribution in [0.1, 0.15) is 36.1 Å². The molecule has 126 valence electrons. The number of nitrogens with one attached hydrogen (secondary N) is 1. The summed E-state index contributed by atoms with van der Waals surface area (Å²) >= 11 is 0. The second-order valence-electron chi connectivity index (χ2n) is 7.33. The number of piperazine rings is 1. The molecule has 4 nitrogen and oxygen atoms in total. The van der Waals surface area contributed by atoms with Gasteiger partial charge in [0, 0.05) is 62.3 Å². The minimum atomic E-state index is 0.293. The van der Waals surface area contributed by atoms with Crippen LogP contribution >= 0.6 is 0 Å². The van der Waals surface area contributed by atoms with Crippen molar-refractivity contribution in [1.29, 1.82) is 0 Å². The maximum atomic E-state index is 6.23. The molecule has 2 atom stereocenters. The molecule has 0 radical (unpaired) electrons. The van der Waals surface area contributed by atoms with Crippen molar-refractivity contribution in [2.24, 2.45) is 0 Å². The second-order valence-corrected chi connectivity index (χ2v) is 7.33. The maximum Gasteiger partial charge on any atom is 0.127 e. The van der Waals surface area contributed by atoms with Gasteiger partial charge in [-0.25, -0.2) is 0 Å². The van der Waals surface area contributed by atoms with E-state index in [1.54, 1.807) is 0 Å². The Morgan fingerprint density at radius 3 is 2.39 bits per heavy atom. The van der Waals surface area contributed by atoms with Crippen LogP contribution in [-0.4, -0.2) is 49.8 Å². The molecule has 3 heterocycles. The van der Waals surface area contributed by atoms with Gasteiger partial charge in [0.25, 0.3) is 0 Å². The van der Waals surface area contributed by atoms with Gasteiger partial charge in [-0.05, 0) is 32.8 Å². The lowest BCUT2D eigenvalue weighted by Gasteiger charge is -2.27. The summed E-state index contributed by atoms with van der Waals surface area (Å²) < 4.78 is 12.4. The normalized spacial score (nSPS) is 26.6.